The van der Waals surface area contributed by atoms with Crippen LogP contribution in [0.15, 0.2) is 102 Å². The number of hydrogen-bond donors (Lipinski definition) is 3. The van der Waals surface area contributed by atoms with Crippen molar-refractivity contribution in [1.82, 2.24) is 10.2 Å². The monoisotopic (exact) mass is 964 g/mol. The number of allylic oxidation sites excluding steroid dienone is 1. The first-order chi connectivity index (χ1) is 34.3. The summed E-state index contributed by atoms with van der Waals surface area (Å²) in [6, 6.07) is 21.0. The number of rotatable bonds is 30. The molecule has 3 aliphatic carbocycles. The highest BCUT2D eigenvalue weighted by atomic mass is 19.1. The van der Waals surface area contributed by atoms with E-state index in [1.54, 1.807) is 24.3 Å². The summed E-state index contributed by atoms with van der Waals surface area (Å²) in [6.07, 6.45) is 21.7. The van der Waals surface area contributed by atoms with Gasteiger partial charge in [-0.1, -0.05) is 137 Å². The number of oxime groups is 1. The van der Waals surface area contributed by atoms with Gasteiger partial charge in [0.2, 0.25) is 11.7 Å². The average Bonchev–Trinajstić information content (AvgIpc) is 4.23. The Labute approximate surface area is 415 Å². The third-order valence-corrected chi connectivity index (χ3v) is 14.8. The molecule has 11 nitrogen and oxygen atoms in total. The van der Waals surface area contributed by atoms with Gasteiger partial charge in [0.1, 0.15) is 30.0 Å². The number of aliphatic hydroxyl groups excluding tert-OH is 2. The van der Waals surface area contributed by atoms with Gasteiger partial charge in [-0.15, -0.1) is 6.58 Å². The van der Waals surface area contributed by atoms with E-state index in [-0.39, 0.29) is 74.8 Å². The molecular weight excluding hydrogens is 886 g/mol. The molecule has 1 heterocycles. The van der Waals surface area contributed by atoms with Crippen molar-refractivity contribution in [2.75, 3.05) is 26.4 Å². The lowest BCUT2D eigenvalue weighted by atomic mass is 9.55. The summed E-state index contributed by atoms with van der Waals surface area (Å²) in [5.41, 5.74) is 4.19. The second-order valence-corrected chi connectivity index (χ2v) is 19.9. The maximum atomic E-state index is 14.9. The summed E-state index contributed by atoms with van der Waals surface area (Å²) in [5.74, 6) is -1.87. The SMILES string of the molecule is C=CCOC12Oc3ccc(OC(=O)NCCCCCCCCCCCC)cc3C3C(CCCCO)C(CCCCO)C=C(C(=NOCc4ccccc4)CC1N(Cc1ccc(F)cc1)C(=O)C1CC1)C32. The Morgan fingerprint density at radius 2 is 1.57 bits per heavy atom. The highest BCUT2D eigenvalue weighted by Gasteiger charge is 2.66. The van der Waals surface area contributed by atoms with E-state index >= 15 is 0 Å². The van der Waals surface area contributed by atoms with Crippen LogP contribution in [0.4, 0.5) is 9.18 Å². The Hall–Kier alpha value is -5.04. The third kappa shape index (κ3) is 13.9. The molecule has 3 N–H and O–H groups in total. The predicted octanol–water partition coefficient (Wildman–Crippen LogP) is 12.1. The fraction of sp³-hybridized carbons (Fsp3) is 0.569. The quantitative estimate of drug-likeness (QED) is 0.0341. The Balaban J connectivity index is 1.27. The number of unbranched alkanes of at least 4 members (excludes halogenated alkanes) is 11. The molecule has 1 aliphatic heterocycles. The number of hydrogen-bond acceptors (Lipinski definition) is 9. The molecule has 3 aromatic carbocycles. The normalized spacial score (nSPS) is 22.8. The lowest BCUT2D eigenvalue weighted by Gasteiger charge is -2.60. The molecule has 2 saturated carbocycles. The molecule has 0 saturated heterocycles. The van der Waals surface area contributed by atoms with E-state index in [0.717, 1.165) is 80.1 Å². The van der Waals surface area contributed by atoms with Gasteiger partial charge in [0.25, 0.3) is 0 Å². The number of fused-ring (bicyclic) bond motifs is 2. The van der Waals surface area contributed by atoms with Crippen molar-refractivity contribution < 1.29 is 43.2 Å². The number of carbonyl (C=O) groups excluding carboxylic acids is 2. The zero-order valence-electron chi connectivity index (χ0n) is 41.5. The van der Waals surface area contributed by atoms with Crippen LogP contribution in [0.5, 0.6) is 11.5 Å². The first-order valence-electron chi connectivity index (χ1n) is 26.5. The van der Waals surface area contributed by atoms with Crippen LogP contribution in [0, 0.1) is 29.5 Å². The van der Waals surface area contributed by atoms with Gasteiger partial charge in [-0.3, -0.25) is 4.79 Å². The molecule has 12 heteroatoms. The molecule has 0 spiro atoms. The number of aliphatic hydroxyl groups is 2. The van der Waals surface area contributed by atoms with Gasteiger partial charge >= 0.3 is 6.09 Å². The summed E-state index contributed by atoms with van der Waals surface area (Å²) < 4.78 is 35.0. The standard InChI is InChI=1S/C58H78FN3O8/c1-3-5-6-7-8-9-10-11-12-18-33-60-57(66)69-47-31-32-52-50(38-47)54-48(24-17-20-35-64)45(23-16-19-34-63)37-49-51(61-68-41-43-21-14-13-15-22-43)39-53(58(70-52,55(49)54)67-36-4-2)62(56(65)44-27-28-44)40-42-25-29-46(59)30-26-42/h4,13-15,21-22,25-26,29-32,37-38,44-45,48,53-55,63-64H,2-3,5-12,16-20,23-24,27-28,33-36,39-41H2,1H3,(H,60,66). The molecule has 380 valence electrons. The largest absolute Gasteiger partial charge is 0.459 e. The van der Waals surface area contributed by atoms with Crippen LogP contribution >= 0.6 is 0 Å². The molecule has 0 bridgehead atoms. The Kier molecular flexibility index (Phi) is 20.3. The molecule has 4 aliphatic rings. The molecule has 0 aromatic heterocycles. The molecular formula is C58H78FN3O8. The van der Waals surface area contributed by atoms with Crippen molar-refractivity contribution in [2.45, 2.75) is 160 Å². The van der Waals surface area contributed by atoms with Crippen molar-refractivity contribution in [3.8, 4) is 11.5 Å². The minimum absolute atomic E-state index is 0.0105. The number of nitrogens with one attached hydrogen (secondary N) is 1. The summed E-state index contributed by atoms with van der Waals surface area (Å²) in [4.78, 5) is 36.4. The summed E-state index contributed by atoms with van der Waals surface area (Å²) in [5, 5.41) is 28.0. The highest BCUT2D eigenvalue weighted by Crippen LogP contribution is 2.62. The van der Waals surface area contributed by atoms with E-state index in [0.29, 0.717) is 36.6 Å². The fourth-order valence-electron chi connectivity index (χ4n) is 11.1. The van der Waals surface area contributed by atoms with Crippen molar-refractivity contribution in [3.05, 3.63) is 120 Å². The summed E-state index contributed by atoms with van der Waals surface area (Å²) in [7, 11) is 0. The Morgan fingerprint density at radius 1 is 0.871 bits per heavy atom. The Morgan fingerprint density at radius 3 is 2.26 bits per heavy atom. The van der Waals surface area contributed by atoms with Crippen LogP contribution in [0.1, 0.15) is 152 Å². The number of amides is 2. The van der Waals surface area contributed by atoms with Gasteiger partial charge in [-0.05, 0) is 104 Å². The van der Waals surface area contributed by atoms with E-state index < -0.39 is 23.8 Å². The lowest BCUT2D eigenvalue weighted by molar-refractivity contribution is -0.258. The topological polar surface area (TPSA) is 139 Å². The molecule has 2 amide bonds. The lowest BCUT2D eigenvalue weighted by Crippen LogP contribution is -2.70. The van der Waals surface area contributed by atoms with E-state index in [9.17, 15) is 24.2 Å². The van der Waals surface area contributed by atoms with Gasteiger partial charge in [0, 0.05) is 50.1 Å². The predicted molar refractivity (Wildman–Crippen MR) is 272 cm³/mol. The highest BCUT2D eigenvalue weighted by molar-refractivity contribution is 6.03. The van der Waals surface area contributed by atoms with Gasteiger partial charge in [0.05, 0.1) is 18.2 Å². The minimum Gasteiger partial charge on any atom is -0.459 e. The smallest absolute Gasteiger partial charge is 0.412 e. The number of benzene rings is 3. The molecule has 0 radical (unpaired) electrons. The first-order valence-corrected chi connectivity index (χ1v) is 26.5. The van der Waals surface area contributed by atoms with Crippen LogP contribution in [0.25, 0.3) is 0 Å². The van der Waals surface area contributed by atoms with Crippen molar-refractivity contribution >= 4 is 17.7 Å². The first kappa shape index (κ1) is 52.8. The molecule has 3 aromatic rings. The van der Waals surface area contributed by atoms with Gasteiger partial charge in [0.15, 0.2) is 0 Å². The van der Waals surface area contributed by atoms with E-state index in [4.69, 9.17) is 24.2 Å². The summed E-state index contributed by atoms with van der Waals surface area (Å²) in [6.45, 7) is 7.52. The van der Waals surface area contributed by atoms with Gasteiger partial charge in [-0.2, -0.15) is 0 Å². The van der Waals surface area contributed by atoms with E-state index in [2.05, 4.69) is 24.9 Å². The van der Waals surface area contributed by atoms with Crippen molar-refractivity contribution in [3.63, 3.8) is 0 Å². The molecule has 2 fully saturated rings. The molecule has 6 unspecified atom stereocenters. The minimum atomic E-state index is -1.46. The zero-order valence-corrected chi connectivity index (χ0v) is 41.5. The van der Waals surface area contributed by atoms with Crippen LogP contribution in [0.2, 0.25) is 0 Å². The fourth-order valence-corrected chi connectivity index (χ4v) is 11.1. The van der Waals surface area contributed by atoms with Crippen LogP contribution in [-0.4, -0.2) is 71.0 Å². The maximum absolute atomic E-state index is 14.9. The summed E-state index contributed by atoms with van der Waals surface area (Å²) >= 11 is 0. The average molecular weight is 964 g/mol. The number of carbonyl (C=O) groups is 2. The zero-order chi connectivity index (χ0) is 49.1. The third-order valence-electron chi connectivity index (χ3n) is 14.8. The Bertz CT molecular complexity index is 2180. The molecule has 70 heavy (non-hydrogen) atoms. The van der Waals surface area contributed by atoms with Crippen LogP contribution < -0.4 is 14.8 Å². The second kappa shape index (κ2) is 27.0. The van der Waals surface area contributed by atoms with E-state index in [1.807, 2.05) is 47.4 Å². The van der Waals surface area contributed by atoms with Crippen LogP contribution in [0.3, 0.4) is 0 Å². The van der Waals surface area contributed by atoms with Crippen molar-refractivity contribution in [2.24, 2.45) is 28.8 Å². The van der Waals surface area contributed by atoms with E-state index in [1.165, 1.54) is 57.1 Å². The molecule has 7 rings (SSSR count). The molecule has 6 atom stereocenters. The number of nitrogens with zero attached hydrogens (tertiary/aromatic N) is 2. The van der Waals surface area contributed by atoms with Gasteiger partial charge < -0.3 is 39.5 Å². The number of ether oxygens (including phenoxy) is 3. The van der Waals surface area contributed by atoms with Crippen molar-refractivity contribution in [1.29, 1.82) is 0 Å². The maximum Gasteiger partial charge on any atom is 0.412 e. The van der Waals surface area contributed by atoms with Gasteiger partial charge in [-0.25, -0.2) is 9.18 Å². The second-order valence-electron chi connectivity index (χ2n) is 19.9. The number of halogens is 1. The van der Waals surface area contributed by atoms with Crippen LogP contribution in [-0.2, 0) is 27.5 Å².